The summed E-state index contributed by atoms with van der Waals surface area (Å²) in [6.07, 6.45) is 3.99. The molecule has 2 aromatic rings. The molecule has 1 aliphatic heterocycles. The van der Waals surface area contributed by atoms with E-state index in [-0.39, 0.29) is 12.5 Å². The van der Waals surface area contributed by atoms with Crippen LogP contribution in [0.25, 0.3) is 0 Å². The van der Waals surface area contributed by atoms with Gasteiger partial charge < -0.3 is 10.1 Å². The lowest BCUT2D eigenvalue weighted by Crippen LogP contribution is -2.29. The Labute approximate surface area is 156 Å². The van der Waals surface area contributed by atoms with Crippen LogP contribution < -0.4 is 10.1 Å². The molecule has 138 valence electrons. The minimum absolute atomic E-state index is 0.0396. The zero-order valence-corrected chi connectivity index (χ0v) is 15.5. The van der Waals surface area contributed by atoms with Crippen molar-refractivity contribution < 1.29 is 9.53 Å². The summed E-state index contributed by atoms with van der Waals surface area (Å²) < 4.78 is 5.57. The number of carbonyl (C=O) groups is 1. The molecule has 1 amide bonds. The van der Waals surface area contributed by atoms with Crippen LogP contribution in [0.5, 0.6) is 5.75 Å². The zero-order valence-electron chi connectivity index (χ0n) is 15.5. The predicted molar refractivity (Wildman–Crippen MR) is 104 cm³/mol. The molecule has 4 heteroatoms. The maximum atomic E-state index is 12.0. The average molecular weight is 352 g/mol. The molecule has 26 heavy (non-hydrogen) atoms. The molecule has 0 aliphatic carbocycles. The third kappa shape index (κ3) is 5.60. The fraction of sp³-hybridized carbons (Fsp3) is 0.409. The van der Waals surface area contributed by atoms with Gasteiger partial charge in [0.05, 0.1) is 0 Å². The summed E-state index contributed by atoms with van der Waals surface area (Å²) >= 11 is 0. The Balaban J connectivity index is 1.41. The molecule has 3 rings (SSSR count). The van der Waals surface area contributed by atoms with E-state index in [0.717, 1.165) is 23.4 Å². The number of para-hydroxylation sites is 1. The second kappa shape index (κ2) is 9.39. The molecule has 0 spiro atoms. The summed E-state index contributed by atoms with van der Waals surface area (Å²) in [6, 6.07) is 16.2. The fourth-order valence-corrected chi connectivity index (χ4v) is 3.25. The third-order valence-electron chi connectivity index (χ3n) is 4.82. The van der Waals surface area contributed by atoms with Crippen LogP contribution in [0.2, 0.25) is 0 Å². The molecule has 1 fully saturated rings. The van der Waals surface area contributed by atoms with Crippen molar-refractivity contribution in [3.8, 4) is 5.75 Å². The van der Waals surface area contributed by atoms with Crippen molar-refractivity contribution in [2.24, 2.45) is 0 Å². The van der Waals surface area contributed by atoms with Gasteiger partial charge in [0, 0.05) is 13.1 Å². The highest BCUT2D eigenvalue weighted by Gasteiger charge is 2.10. The first-order chi connectivity index (χ1) is 12.7. The minimum Gasteiger partial charge on any atom is -0.484 e. The quantitative estimate of drug-likeness (QED) is 0.826. The smallest absolute Gasteiger partial charge is 0.258 e. The number of carbonyl (C=O) groups excluding carboxylic acids is 1. The fourth-order valence-electron chi connectivity index (χ4n) is 3.25. The number of hydrogen-bond donors (Lipinski definition) is 1. The number of likely N-dealkylation sites (tertiary alicyclic amines) is 1. The molecule has 1 heterocycles. The summed E-state index contributed by atoms with van der Waals surface area (Å²) in [7, 11) is 0. The Morgan fingerprint density at radius 3 is 2.42 bits per heavy atom. The van der Waals surface area contributed by atoms with Gasteiger partial charge in [-0.2, -0.15) is 0 Å². The Kier molecular flexibility index (Phi) is 6.67. The first kappa shape index (κ1) is 18.5. The number of nitrogens with zero attached hydrogens (tertiary/aromatic N) is 1. The van der Waals surface area contributed by atoms with Crippen molar-refractivity contribution in [2.45, 2.75) is 39.3 Å². The molecular formula is C22H28N2O2. The van der Waals surface area contributed by atoms with E-state index in [1.165, 1.54) is 37.9 Å². The molecule has 2 aromatic carbocycles. The Bertz CT molecular complexity index is 706. The molecule has 0 radical (unpaired) electrons. The van der Waals surface area contributed by atoms with Crippen molar-refractivity contribution in [1.82, 2.24) is 10.2 Å². The lowest BCUT2D eigenvalue weighted by molar-refractivity contribution is -0.123. The van der Waals surface area contributed by atoms with E-state index in [9.17, 15) is 4.79 Å². The van der Waals surface area contributed by atoms with Crippen LogP contribution in [-0.2, 0) is 17.9 Å². The van der Waals surface area contributed by atoms with Gasteiger partial charge >= 0.3 is 0 Å². The Hall–Kier alpha value is -2.33. The topological polar surface area (TPSA) is 41.6 Å². The number of aryl methyl sites for hydroxylation is 1. The van der Waals surface area contributed by atoms with E-state index < -0.39 is 0 Å². The van der Waals surface area contributed by atoms with Gasteiger partial charge in [0.15, 0.2) is 6.61 Å². The second-order valence-electron chi connectivity index (χ2n) is 6.98. The molecular weight excluding hydrogens is 324 g/mol. The molecule has 1 aliphatic rings. The second-order valence-corrected chi connectivity index (χ2v) is 6.98. The number of hydrogen-bond acceptors (Lipinski definition) is 3. The van der Waals surface area contributed by atoms with Crippen molar-refractivity contribution in [3.63, 3.8) is 0 Å². The van der Waals surface area contributed by atoms with Crippen molar-refractivity contribution in [3.05, 3.63) is 65.2 Å². The third-order valence-corrected chi connectivity index (χ3v) is 4.82. The molecule has 1 saturated heterocycles. The normalized spacial score (nSPS) is 14.8. The summed E-state index contributed by atoms with van der Waals surface area (Å²) in [5.41, 5.74) is 3.48. The lowest BCUT2D eigenvalue weighted by atomic mass is 10.1. The summed E-state index contributed by atoms with van der Waals surface area (Å²) in [4.78, 5) is 14.5. The predicted octanol–water partition coefficient (Wildman–Crippen LogP) is 3.68. The molecule has 4 nitrogen and oxygen atoms in total. The first-order valence-corrected chi connectivity index (χ1v) is 9.46. The number of rotatable bonds is 7. The van der Waals surface area contributed by atoms with Gasteiger partial charge in [-0.15, -0.1) is 0 Å². The van der Waals surface area contributed by atoms with E-state index in [1.54, 1.807) is 0 Å². The lowest BCUT2D eigenvalue weighted by Gasteiger charge is -2.26. The van der Waals surface area contributed by atoms with E-state index in [2.05, 4.69) is 34.5 Å². The van der Waals surface area contributed by atoms with E-state index in [1.807, 2.05) is 31.2 Å². The van der Waals surface area contributed by atoms with Gasteiger partial charge in [0.1, 0.15) is 5.75 Å². The highest BCUT2D eigenvalue weighted by molar-refractivity contribution is 5.77. The number of ether oxygens (including phenoxy) is 1. The monoisotopic (exact) mass is 352 g/mol. The number of amides is 1. The van der Waals surface area contributed by atoms with Crippen LogP contribution in [-0.4, -0.2) is 30.5 Å². The van der Waals surface area contributed by atoms with E-state index >= 15 is 0 Å². The summed E-state index contributed by atoms with van der Waals surface area (Å²) in [5.74, 6) is 0.648. The Morgan fingerprint density at radius 2 is 1.69 bits per heavy atom. The maximum Gasteiger partial charge on any atom is 0.258 e. The molecule has 0 saturated carbocycles. The summed E-state index contributed by atoms with van der Waals surface area (Å²) in [6.45, 7) is 5.98. The highest BCUT2D eigenvalue weighted by atomic mass is 16.5. The van der Waals surface area contributed by atoms with Gasteiger partial charge in [-0.3, -0.25) is 9.69 Å². The van der Waals surface area contributed by atoms with Crippen LogP contribution in [0.1, 0.15) is 36.0 Å². The zero-order chi connectivity index (χ0) is 18.2. The minimum atomic E-state index is -0.106. The van der Waals surface area contributed by atoms with Crippen molar-refractivity contribution in [2.75, 3.05) is 19.7 Å². The average Bonchev–Trinajstić information content (AvgIpc) is 2.68. The van der Waals surface area contributed by atoms with E-state index in [4.69, 9.17) is 4.74 Å². The number of benzene rings is 2. The van der Waals surface area contributed by atoms with Gasteiger partial charge in [0.2, 0.25) is 0 Å². The standard InChI is InChI=1S/C22H28N2O2/c1-18-7-3-4-8-21(18)26-17-22(25)23-15-19-9-11-20(12-10-19)16-24-13-5-2-6-14-24/h3-4,7-12H,2,5-6,13-17H2,1H3,(H,23,25). The van der Waals surface area contributed by atoms with E-state index in [0.29, 0.717) is 6.54 Å². The van der Waals surface area contributed by atoms with Gasteiger partial charge in [0.25, 0.3) is 5.91 Å². The first-order valence-electron chi connectivity index (χ1n) is 9.46. The van der Waals surface area contributed by atoms with Crippen molar-refractivity contribution in [1.29, 1.82) is 0 Å². The van der Waals surface area contributed by atoms with Crippen LogP contribution in [0.4, 0.5) is 0 Å². The number of piperidine rings is 1. The summed E-state index contributed by atoms with van der Waals surface area (Å²) in [5, 5.41) is 2.92. The van der Waals surface area contributed by atoms with Crippen LogP contribution in [0.3, 0.4) is 0 Å². The SMILES string of the molecule is Cc1ccccc1OCC(=O)NCc1ccc(CN2CCCCC2)cc1. The Morgan fingerprint density at radius 1 is 1.00 bits per heavy atom. The maximum absolute atomic E-state index is 12.0. The largest absolute Gasteiger partial charge is 0.484 e. The van der Waals surface area contributed by atoms with Crippen LogP contribution in [0, 0.1) is 6.92 Å². The number of nitrogens with one attached hydrogen (secondary N) is 1. The molecule has 0 unspecified atom stereocenters. The molecule has 0 atom stereocenters. The molecule has 0 aromatic heterocycles. The van der Waals surface area contributed by atoms with Gasteiger partial charge in [-0.1, -0.05) is 48.9 Å². The van der Waals surface area contributed by atoms with Crippen molar-refractivity contribution >= 4 is 5.91 Å². The van der Waals surface area contributed by atoms with Crippen LogP contribution in [0.15, 0.2) is 48.5 Å². The van der Waals surface area contributed by atoms with Gasteiger partial charge in [-0.25, -0.2) is 0 Å². The molecule has 1 N–H and O–H groups in total. The van der Waals surface area contributed by atoms with Gasteiger partial charge in [-0.05, 0) is 55.6 Å². The highest BCUT2D eigenvalue weighted by Crippen LogP contribution is 2.16. The molecule has 0 bridgehead atoms. The van der Waals surface area contributed by atoms with Crippen LogP contribution >= 0.6 is 0 Å².